The Morgan fingerprint density at radius 3 is 2.64 bits per heavy atom. The monoisotopic (exact) mass is 301 g/mol. The molecule has 1 aliphatic rings. The van der Waals surface area contributed by atoms with Crippen LogP contribution >= 0.6 is 0 Å². The summed E-state index contributed by atoms with van der Waals surface area (Å²) in [6.07, 6.45) is 5.04. The predicted molar refractivity (Wildman–Crippen MR) is 85.0 cm³/mol. The number of aromatic nitrogens is 2. The molecule has 5 nitrogen and oxygen atoms in total. The van der Waals surface area contributed by atoms with Crippen molar-refractivity contribution in [3.8, 4) is 0 Å². The summed E-state index contributed by atoms with van der Waals surface area (Å²) in [5.74, 6) is -0.821. The van der Waals surface area contributed by atoms with E-state index in [-0.39, 0.29) is 6.42 Å². The van der Waals surface area contributed by atoms with Crippen molar-refractivity contribution >= 4 is 11.6 Å². The molecule has 3 rings (SSSR count). The number of carboxylic acids is 1. The maximum absolute atomic E-state index is 11.2. The van der Waals surface area contributed by atoms with Gasteiger partial charge in [0.2, 0.25) is 0 Å². The number of carbonyl (C=O) groups is 1. The third kappa shape index (κ3) is 3.14. The van der Waals surface area contributed by atoms with Gasteiger partial charge >= 0.3 is 5.97 Å². The van der Waals surface area contributed by atoms with E-state index in [1.807, 2.05) is 25.1 Å². The Hall–Kier alpha value is -1.88. The number of carboxylic acid groups (broad SMARTS) is 1. The Morgan fingerprint density at radius 2 is 1.95 bits per heavy atom. The zero-order valence-electron chi connectivity index (χ0n) is 13.1. The minimum absolute atomic E-state index is 0.00963. The van der Waals surface area contributed by atoms with Crippen molar-refractivity contribution in [3.05, 3.63) is 35.3 Å². The van der Waals surface area contributed by atoms with Gasteiger partial charge in [-0.3, -0.25) is 14.1 Å². The third-order valence-corrected chi connectivity index (χ3v) is 4.41. The Labute approximate surface area is 130 Å². The number of likely N-dealkylation sites (tertiary alicyclic amines) is 1. The van der Waals surface area contributed by atoms with Gasteiger partial charge in [-0.1, -0.05) is 18.9 Å². The summed E-state index contributed by atoms with van der Waals surface area (Å²) in [7, 11) is 0. The van der Waals surface area contributed by atoms with Gasteiger partial charge in [0.15, 0.2) is 0 Å². The van der Waals surface area contributed by atoms with E-state index in [4.69, 9.17) is 0 Å². The van der Waals surface area contributed by atoms with Crippen molar-refractivity contribution in [1.82, 2.24) is 14.3 Å². The van der Waals surface area contributed by atoms with Crippen LogP contribution < -0.4 is 0 Å². The van der Waals surface area contributed by atoms with E-state index in [0.29, 0.717) is 5.69 Å². The van der Waals surface area contributed by atoms with Gasteiger partial charge in [0.05, 0.1) is 17.8 Å². The average Bonchev–Trinajstić information content (AvgIpc) is 2.65. The van der Waals surface area contributed by atoms with Gasteiger partial charge in [0, 0.05) is 12.2 Å². The zero-order valence-corrected chi connectivity index (χ0v) is 13.1. The molecule has 1 saturated heterocycles. The summed E-state index contributed by atoms with van der Waals surface area (Å²) in [5.41, 5.74) is 3.69. The van der Waals surface area contributed by atoms with Gasteiger partial charge in [-0.05, 0) is 45.0 Å². The summed E-state index contributed by atoms with van der Waals surface area (Å²) in [6, 6.07) is 5.97. The van der Waals surface area contributed by atoms with Crippen LogP contribution in [-0.2, 0) is 17.8 Å². The van der Waals surface area contributed by atoms with E-state index in [0.717, 1.165) is 36.7 Å². The van der Waals surface area contributed by atoms with E-state index in [9.17, 15) is 9.90 Å². The molecule has 0 bridgehead atoms. The highest BCUT2D eigenvalue weighted by Crippen LogP contribution is 2.20. The summed E-state index contributed by atoms with van der Waals surface area (Å²) in [4.78, 5) is 18.2. The standard InChI is InChI=1S/C17H23N3O2/c1-13-7-6-8-16-18-14(11-17(21)22)15(20(13)16)12-19-9-4-2-3-5-10-19/h6-8H,2-5,9-12H2,1H3,(H,21,22). The van der Waals surface area contributed by atoms with Crippen LogP contribution in [0.4, 0.5) is 0 Å². The molecule has 0 radical (unpaired) electrons. The Kier molecular flexibility index (Phi) is 4.43. The lowest BCUT2D eigenvalue weighted by atomic mass is 10.2. The maximum atomic E-state index is 11.2. The second-order valence-electron chi connectivity index (χ2n) is 6.13. The van der Waals surface area contributed by atoms with Crippen molar-refractivity contribution in [2.24, 2.45) is 0 Å². The molecule has 0 spiro atoms. The van der Waals surface area contributed by atoms with Crippen LogP contribution in [0, 0.1) is 6.92 Å². The minimum Gasteiger partial charge on any atom is -0.481 e. The molecule has 1 aliphatic heterocycles. The van der Waals surface area contributed by atoms with Crippen molar-refractivity contribution in [2.45, 2.75) is 45.6 Å². The van der Waals surface area contributed by atoms with E-state index in [1.54, 1.807) is 0 Å². The van der Waals surface area contributed by atoms with E-state index < -0.39 is 5.97 Å². The molecule has 3 heterocycles. The quantitative estimate of drug-likeness (QED) is 0.943. The first-order chi connectivity index (χ1) is 10.6. The number of nitrogens with zero attached hydrogens (tertiary/aromatic N) is 3. The van der Waals surface area contributed by atoms with Crippen LogP contribution in [0.2, 0.25) is 0 Å². The Bertz CT molecular complexity index is 670. The fourth-order valence-corrected chi connectivity index (χ4v) is 3.33. The molecule has 0 aliphatic carbocycles. The number of aliphatic carboxylic acids is 1. The average molecular weight is 301 g/mol. The molecule has 1 fully saturated rings. The number of pyridine rings is 1. The molecule has 0 amide bonds. The molecule has 0 unspecified atom stereocenters. The molecule has 2 aromatic rings. The lowest BCUT2D eigenvalue weighted by Crippen LogP contribution is -2.25. The van der Waals surface area contributed by atoms with E-state index in [2.05, 4.69) is 14.3 Å². The second kappa shape index (κ2) is 6.48. The SMILES string of the molecule is Cc1cccc2nc(CC(=O)O)c(CN3CCCCCC3)n12. The van der Waals surface area contributed by atoms with Crippen LogP contribution in [0.1, 0.15) is 42.8 Å². The number of imidazole rings is 1. The molecular weight excluding hydrogens is 278 g/mol. The molecule has 118 valence electrons. The summed E-state index contributed by atoms with van der Waals surface area (Å²) in [5, 5.41) is 9.17. The smallest absolute Gasteiger partial charge is 0.309 e. The highest BCUT2D eigenvalue weighted by molar-refractivity contribution is 5.70. The van der Waals surface area contributed by atoms with E-state index in [1.165, 1.54) is 25.7 Å². The van der Waals surface area contributed by atoms with E-state index >= 15 is 0 Å². The maximum Gasteiger partial charge on any atom is 0.309 e. The molecule has 0 saturated carbocycles. The molecule has 5 heteroatoms. The number of fused-ring (bicyclic) bond motifs is 1. The number of rotatable bonds is 4. The van der Waals surface area contributed by atoms with Gasteiger partial charge in [0.1, 0.15) is 5.65 Å². The number of hydrogen-bond donors (Lipinski definition) is 1. The molecular formula is C17H23N3O2. The van der Waals surface area contributed by atoms with Crippen LogP contribution in [0.15, 0.2) is 18.2 Å². The molecule has 0 aromatic carbocycles. The van der Waals surface area contributed by atoms with Crippen molar-refractivity contribution < 1.29 is 9.90 Å². The van der Waals surface area contributed by atoms with Gasteiger partial charge in [-0.25, -0.2) is 4.98 Å². The third-order valence-electron chi connectivity index (χ3n) is 4.41. The Balaban J connectivity index is 1.98. The Morgan fingerprint density at radius 1 is 1.23 bits per heavy atom. The highest BCUT2D eigenvalue weighted by atomic mass is 16.4. The highest BCUT2D eigenvalue weighted by Gasteiger charge is 2.19. The number of aryl methyl sites for hydroxylation is 1. The topological polar surface area (TPSA) is 57.8 Å². The van der Waals surface area contributed by atoms with Gasteiger partial charge in [-0.15, -0.1) is 0 Å². The van der Waals surface area contributed by atoms with Crippen molar-refractivity contribution in [2.75, 3.05) is 13.1 Å². The van der Waals surface area contributed by atoms with Crippen LogP contribution in [-0.4, -0.2) is 38.4 Å². The lowest BCUT2D eigenvalue weighted by Gasteiger charge is -2.20. The van der Waals surface area contributed by atoms with Gasteiger partial charge < -0.3 is 5.11 Å². The first-order valence-electron chi connectivity index (χ1n) is 8.05. The van der Waals surface area contributed by atoms with Gasteiger partial charge in [0.25, 0.3) is 0 Å². The molecule has 1 N–H and O–H groups in total. The van der Waals surface area contributed by atoms with Crippen molar-refractivity contribution in [3.63, 3.8) is 0 Å². The predicted octanol–water partition coefficient (Wildman–Crippen LogP) is 2.65. The largest absolute Gasteiger partial charge is 0.481 e. The van der Waals surface area contributed by atoms with Crippen molar-refractivity contribution in [1.29, 1.82) is 0 Å². The second-order valence-corrected chi connectivity index (χ2v) is 6.13. The normalized spacial score (nSPS) is 16.8. The summed E-state index contributed by atoms with van der Waals surface area (Å²) in [6.45, 7) is 5.01. The fourth-order valence-electron chi connectivity index (χ4n) is 3.33. The minimum atomic E-state index is -0.821. The molecule has 0 atom stereocenters. The first-order valence-corrected chi connectivity index (χ1v) is 8.05. The summed E-state index contributed by atoms with van der Waals surface area (Å²) >= 11 is 0. The first kappa shape index (κ1) is 15.0. The summed E-state index contributed by atoms with van der Waals surface area (Å²) < 4.78 is 2.11. The van der Waals surface area contributed by atoms with Crippen LogP contribution in [0.5, 0.6) is 0 Å². The lowest BCUT2D eigenvalue weighted by molar-refractivity contribution is -0.136. The van der Waals surface area contributed by atoms with Crippen LogP contribution in [0.25, 0.3) is 5.65 Å². The zero-order chi connectivity index (χ0) is 15.5. The molecule has 2 aromatic heterocycles. The number of hydrogen-bond acceptors (Lipinski definition) is 3. The van der Waals surface area contributed by atoms with Crippen LogP contribution in [0.3, 0.4) is 0 Å². The fraction of sp³-hybridized carbons (Fsp3) is 0.529. The van der Waals surface area contributed by atoms with Gasteiger partial charge in [-0.2, -0.15) is 0 Å². The molecule has 22 heavy (non-hydrogen) atoms.